The third kappa shape index (κ3) is 0.897. The summed E-state index contributed by atoms with van der Waals surface area (Å²) in [5, 5.41) is 6.54. The Morgan fingerprint density at radius 1 is 1.30 bits per heavy atom. The summed E-state index contributed by atoms with van der Waals surface area (Å²) in [6.45, 7) is 1.11. The zero-order chi connectivity index (χ0) is 6.81. The summed E-state index contributed by atoms with van der Waals surface area (Å²) in [4.78, 5) is 0. The highest BCUT2D eigenvalue weighted by Crippen LogP contribution is 2.16. The number of fused-ring (bicyclic) bond motifs is 1. The normalized spacial score (nSPS) is 36.0. The summed E-state index contributed by atoms with van der Waals surface area (Å²) in [5.41, 5.74) is 0. The number of nitrogens with one attached hydrogen (secondary N) is 2. The lowest BCUT2D eigenvalue weighted by Crippen LogP contribution is -2.41. The topological polar surface area (TPSA) is 24.1 Å². The van der Waals surface area contributed by atoms with Crippen LogP contribution in [-0.2, 0) is 0 Å². The van der Waals surface area contributed by atoms with E-state index in [0.717, 1.165) is 12.5 Å². The van der Waals surface area contributed by atoms with Crippen LogP contribution < -0.4 is 10.6 Å². The van der Waals surface area contributed by atoms with Gasteiger partial charge >= 0.3 is 0 Å². The molecule has 10 heavy (non-hydrogen) atoms. The summed E-state index contributed by atoms with van der Waals surface area (Å²) in [6, 6.07) is 0.575. The van der Waals surface area contributed by atoms with Crippen LogP contribution in [0.25, 0.3) is 0 Å². The Kier molecular flexibility index (Phi) is 1.38. The molecule has 2 rings (SSSR count). The van der Waals surface area contributed by atoms with Gasteiger partial charge in [-0.2, -0.15) is 0 Å². The summed E-state index contributed by atoms with van der Waals surface area (Å²) < 4.78 is 0. The third-order valence-corrected chi connectivity index (χ3v) is 2.15. The van der Waals surface area contributed by atoms with Crippen LogP contribution in [0.4, 0.5) is 0 Å². The van der Waals surface area contributed by atoms with E-state index in [4.69, 9.17) is 0 Å². The van der Waals surface area contributed by atoms with E-state index in [9.17, 15) is 0 Å². The molecule has 0 saturated carbocycles. The molecule has 2 nitrogen and oxygen atoms in total. The van der Waals surface area contributed by atoms with Crippen molar-refractivity contribution in [2.45, 2.75) is 12.5 Å². The standard InChI is InChI=1S/C8H12N2/c1-2-7-6-9-5-3-8(7)10-4-1/h1,3-5,7-10H,2,6H2. The predicted octanol–water partition coefficient (Wildman–Crippen LogP) is 0.595. The minimum atomic E-state index is 0.575. The molecule has 0 aromatic rings. The van der Waals surface area contributed by atoms with Crippen LogP contribution in [0.15, 0.2) is 24.6 Å². The quantitative estimate of drug-likeness (QED) is 0.509. The molecule has 0 spiro atoms. The van der Waals surface area contributed by atoms with Gasteiger partial charge in [0.2, 0.25) is 0 Å². The van der Waals surface area contributed by atoms with E-state index in [2.05, 4.69) is 29.0 Å². The molecule has 2 N–H and O–H groups in total. The average molecular weight is 136 g/mol. The van der Waals surface area contributed by atoms with Gasteiger partial charge in [0.1, 0.15) is 0 Å². The Balaban J connectivity index is 2.12. The van der Waals surface area contributed by atoms with E-state index in [0.29, 0.717) is 6.04 Å². The zero-order valence-electron chi connectivity index (χ0n) is 5.88. The molecule has 54 valence electrons. The van der Waals surface area contributed by atoms with Gasteiger partial charge in [0.15, 0.2) is 0 Å². The molecule has 2 unspecified atom stereocenters. The molecule has 2 aliphatic rings. The minimum absolute atomic E-state index is 0.575. The summed E-state index contributed by atoms with van der Waals surface area (Å²) in [5.74, 6) is 0.759. The number of rotatable bonds is 0. The van der Waals surface area contributed by atoms with Crippen molar-refractivity contribution < 1.29 is 0 Å². The van der Waals surface area contributed by atoms with Gasteiger partial charge in [0.05, 0.1) is 6.04 Å². The van der Waals surface area contributed by atoms with Crippen molar-refractivity contribution in [2.75, 3.05) is 6.54 Å². The molecule has 0 aliphatic carbocycles. The SMILES string of the molecule is C1=CNC2C=CNCC2C1. The van der Waals surface area contributed by atoms with Gasteiger partial charge < -0.3 is 10.6 Å². The first-order chi connectivity index (χ1) is 4.97. The van der Waals surface area contributed by atoms with Crippen molar-refractivity contribution in [1.82, 2.24) is 10.6 Å². The minimum Gasteiger partial charge on any atom is -0.391 e. The number of hydrogen-bond donors (Lipinski definition) is 2. The maximum Gasteiger partial charge on any atom is 0.0503 e. The lowest BCUT2D eigenvalue weighted by atomic mass is 9.92. The van der Waals surface area contributed by atoms with Gasteiger partial charge in [-0.05, 0) is 24.9 Å². The molecule has 0 aromatic heterocycles. The predicted molar refractivity (Wildman–Crippen MR) is 41.3 cm³/mol. The molecule has 0 radical (unpaired) electrons. The highest BCUT2D eigenvalue weighted by Gasteiger charge is 2.20. The highest BCUT2D eigenvalue weighted by molar-refractivity contribution is 5.08. The van der Waals surface area contributed by atoms with Gasteiger partial charge in [-0.1, -0.05) is 6.08 Å². The monoisotopic (exact) mass is 136 g/mol. The van der Waals surface area contributed by atoms with Gasteiger partial charge in [-0.15, -0.1) is 0 Å². The Morgan fingerprint density at radius 2 is 2.30 bits per heavy atom. The second kappa shape index (κ2) is 2.37. The molecule has 0 bridgehead atoms. The van der Waals surface area contributed by atoms with Crippen molar-refractivity contribution in [2.24, 2.45) is 5.92 Å². The first-order valence-corrected chi connectivity index (χ1v) is 3.78. The summed E-state index contributed by atoms with van der Waals surface area (Å²) >= 11 is 0. The van der Waals surface area contributed by atoms with Crippen molar-refractivity contribution in [3.8, 4) is 0 Å². The van der Waals surface area contributed by atoms with Gasteiger partial charge in [-0.25, -0.2) is 0 Å². The molecule has 2 aliphatic heterocycles. The Labute approximate surface area is 61.0 Å². The Bertz CT molecular complexity index is 172. The van der Waals surface area contributed by atoms with Crippen LogP contribution >= 0.6 is 0 Å². The smallest absolute Gasteiger partial charge is 0.0503 e. The van der Waals surface area contributed by atoms with Crippen molar-refractivity contribution in [3.63, 3.8) is 0 Å². The molecule has 0 aromatic carbocycles. The molecule has 2 heteroatoms. The fourth-order valence-corrected chi connectivity index (χ4v) is 1.52. The third-order valence-electron chi connectivity index (χ3n) is 2.15. The van der Waals surface area contributed by atoms with E-state index < -0.39 is 0 Å². The largest absolute Gasteiger partial charge is 0.391 e. The second-order valence-corrected chi connectivity index (χ2v) is 2.86. The average Bonchev–Trinajstić information content (AvgIpc) is 2.05. The lowest BCUT2D eigenvalue weighted by molar-refractivity contribution is 0.396. The van der Waals surface area contributed by atoms with Crippen molar-refractivity contribution in [3.05, 3.63) is 24.6 Å². The van der Waals surface area contributed by atoms with Crippen LogP contribution in [0.3, 0.4) is 0 Å². The molecule has 0 saturated heterocycles. The second-order valence-electron chi connectivity index (χ2n) is 2.86. The summed E-state index contributed by atoms with van der Waals surface area (Å²) in [6.07, 6.45) is 9.68. The zero-order valence-corrected chi connectivity index (χ0v) is 5.88. The Hall–Kier alpha value is -0.920. The van der Waals surface area contributed by atoms with E-state index in [1.54, 1.807) is 0 Å². The fraction of sp³-hybridized carbons (Fsp3) is 0.500. The maximum atomic E-state index is 3.31. The van der Waals surface area contributed by atoms with Gasteiger partial charge in [0, 0.05) is 12.5 Å². The molecular weight excluding hydrogens is 124 g/mol. The lowest BCUT2D eigenvalue weighted by Gasteiger charge is -2.30. The molecule has 0 amide bonds. The van der Waals surface area contributed by atoms with Crippen LogP contribution in [-0.4, -0.2) is 12.6 Å². The molecule has 0 fully saturated rings. The first kappa shape index (κ1) is 5.83. The fourth-order valence-electron chi connectivity index (χ4n) is 1.52. The highest BCUT2D eigenvalue weighted by atomic mass is 15.0. The van der Waals surface area contributed by atoms with Crippen LogP contribution in [0.5, 0.6) is 0 Å². The van der Waals surface area contributed by atoms with Crippen LogP contribution in [0.1, 0.15) is 6.42 Å². The van der Waals surface area contributed by atoms with E-state index in [-0.39, 0.29) is 0 Å². The van der Waals surface area contributed by atoms with Gasteiger partial charge in [0.25, 0.3) is 0 Å². The van der Waals surface area contributed by atoms with E-state index >= 15 is 0 Å². The van der Waals surface area contributed by atoms with E-state index in [1.807, 2.05) is 6.20 Å². The van der Waals surface area contributed by atoms with Crippen LogP contribution in [0.2, 0.25) is 0 Å². The number of hydrogen-bond acceptors (Lipinski definition) is 2. The Morgan fingerprint density at radius 3 is 3.20 bits per heavy atom. The number of allylic oxidation sites excluding steroid dienone is 1. The van der Waals surface area contributed by atoms with Crippen molar-refractivity contribution >= 4 is 0 Å². The molecule has 2 atom stereocenters. The summed E-state index contributed by atoms with van der Waals surface area (Å²) in [7, 11) is 0. The maximum absolute atomic E-state index is 3.31. The molecular formula is C8H12N2. The van der Waals surface area contributed by atoms with E-state index in [1.165, 1.54) is 6.42 Å². The molecule has 2 heterocycles. The van der Waals surface area contributed by atoms with Gasteiger partial charge in [-0.3, -0.25) is 0 Å². The van der Waals surface area contributed by atoms with Crippen molar-refractivity contribution in [1.29, 1.82) is 0 Å². The van der Waals surface area contributed by atoms with Crippen LogP contribution in [0, 0.1) is 5.92 Å². The first-order valence-electron chi connectivity index (χ1n) is 3.78.